The molecule has 4 nitrogen and oxygen atoms in total. The van der Waals surface area contributed by atoms with Gasteiger partial charge in [0.05, 0.1) is 11.4 Å². The minimum absolute atomic E-state index is 0.0145. The molecule has 0 spiro atoms. The Morgan fingerprint density at radius 3 is 2.55 bits per heavy atom. The zero-order valence-electron chi connectivity index (χ0n) is 16.2. The maximum absolute atomic E-state index is 12.9. The molecule has 0 aliphatic carbocycles. The van der Waals surface area contributed by atoms with E-state index in [9.17, 15) is 4.79 Å². The van der Waals surface area contributed by atoms with Crippen molar-refractivity contribution >= 4 is 17.5 Å². The van der Waals surface area contributed by atoms with Gasteiger partial charge < -0.3 is 14.4 Å². The predicted octanol–water partition coefficient (Wildman–Crippen LogP) is 4.98. The summed E-state index contributed by atoms with van der Waals surface area (Å²) in [5.74, 6) is 1.17. The first-order valence-electron chi connectivity index (χ1n) is 9.57. The second kappa shape index (κ2) is 8.58. The number of hydrogen-bond acceptors (Lipinski definition) is 3. The molecule has 1 aliphatic rings. The molecule has 1 aliphatic heterocycles. The van der Waals surface area contributed by atoms with Crippen molar-refractivity contribution in [2.24, 2.45) is 0 Å². The molecule has 1 heterocycles. The van der Waals surface area contributed by atoms with Crippen LogP contribution in [0.25, 0.3) is 11.1 Å². The van der Waals surface area contributed by atoms with Crippen LogP contribution in [-0.4, -0.2) is 31.1 Å². The summed E-state index contributed by atoms with van der Waals surface area (Å²) in [5.41, 5.74) is 4.19. The number of nitrogens with zero attached hydrogens (tertiary/aromatic N) is 1. The molecule has 0 aromatic heterocycles. The third-order valence-corrected chi connectivity index (χ3v) is 5.23. The number of carbonyl (C=O) groups excluding carboxylic acids is 1. The Morgan fingerprint density at radius 1 is 1.00 bits per heavy atom. The average Bonchev–Trinajstić information content (AvgIpc) is 2.75. The Balaban J connectivity index is 1.49. The van der Waals surface area contributed by atoms with Crippen molar-refractivity contribution in [2.45, 2.75) is 13.0 Å². The highest BCUT2D eigenvalue weighted by Gasteiger charge is 2.19. The van der Waals surface area contributed by atoms with Crippen LogP contribution in [0.3, 0.4) is 0 Å². The van der Waals surface area contributed by atoms with E-state index in [1.54, 1.807) is 11.0 Å². The number of fused-ring (bicyclic) bond motifs is 1. The molecule has 4 rings (SSSR count). The van der Waals surface area contributed by atoms with Crippen LogP contribution in [0.5, 0.6) is 11.5 Å². The zero-order chi connectivity index (χ0) is 20.2. The number of hydrogen-bond donors (Lipinski definition) is 0. The standard InChI is InChI=1S/C24H22ClNO3/c1-26(16-19-9-5-6-10-20(19)18-7-3-2-4-8-18)23(27)15-17-13-21(25)24-22(14-17)28-11-12-29-24/h2-10,13-14H,11-12,15-16H2,1H3. The first-order chi connectivity index (χ1) is 14.1. The number of amides is 1. The van der Waals surface area contributed by atoms with Crippen LogP contribution in [0.15, 0.2) is 66.7 Å². The fourth-order valence-electron chi connectivity index (χ4n) is 3.48. The molecule has 3 aromatic rings. The maximum Gasteiger partial charge on any atom is 0.227 e. The van der Waals surface area contributed by atoms with Gasteiger partial charge in [0.2, 0.25) is 5.91 Å². The highest BCUT2D eigenvalue weighted by Crippen LogP contribution is 2.38. The van der Waals surface area contributed by atoms with Crippen molar-refractivity contribution in [1.82, 2.24) is 4.90 Å². The molecule has 0 bridgehead atoms. The molecule has 5 heteroatoms. The van der Waals surface area contributed by atoms with E-state index in [0.29, 0.717) is 36.3 Å². The van der Waals surface area contributed by atoms with Gasteiger partial charge in [0.1, 0.15) is 13.2 Å². The normalized spacial score (nSPS) is 12.5. The number of benzene rings is 3. The molecule has 148 valence electrons. The largest absolute Gasteiger partial charge is 0.486 e. The summed E-state index contributed by atoms with van der Waals surface area (Å²) >= 11 is 6.30. The van der Waals surface area contributed by atoms with E-state index in [-0.39, 0.29) is 12.3 Å². The highest BCUT2D eigenvalue weighted by atomic mass is 35.5. The fourth-order valence-corrected chi connectivity index (χ4v) is 3.76. The molecule has 3 aromatic carbocycles. The Hall–Kier alpha value is -2.98. The Bertz CT molecular complexity index is 1020. The molecule has 1 amide bonds. The quantitative estimate of drug-likeness (QED) is 0.598. The summed E-state index contributed by atoms with van der Waals surface area (Å²) in [6.07, 6.45) is 0.250. The monoisotopic (exact) mass is 407 g/mol. The third-order valence-electron chi connectivity index (χ3n) is 4.95. The van der Waals surface area contributed by atoms with Gasteiger partial charge in [-0.15, -0.1) is 0 Å². The number of carbonyl (C=O) groups is 1. The van der Waals surface area contributed by atoms with E-state index in [1.165, 1.54) is 0 Å². The predicted molar refractivity (Wildman–Crippen MR) is 114 cm³/mol. The van der Waals surface area contributed by atoms with Crippen molar-refractivity contribution in [3.63, 3.8) is 0 Å². The van der Waals surface area contributed by atoms with E-state index in [1.807, 2.05) is 43.4 Å². The van der Waals surface area contributed by atoms with Gasteiger partial charge in [0.15, 0.2) is 11.5 Å². The summed E-state index contributed by atoms with van der Waals surface area (Å²) in [5, 5.41) is 0.474. The Morgan fingerprint density at radius 2 is 1.72 bits per heavy atom. The molecule has 0 atom stereocenters. The van der Waals surface area contributed by atoms with Gasteiger partial charge in [-0.1, -0.05) is 66.2 Å². The van der Waals surface area contributed by atoms with E-state index >= 15 is 0 Å². The molecule has 0 saturated carbocycles. The summed E-state index contributed by atoms with van der Waals surface area (Å²) in [4.78, 5) is 14.6. The van der Waals surface area contributed by atoms with Crippen molar-refractivity contribution in [2.75, 3.05) is 20.3 Å². The van der Waals surface area contributed by atoms with Gasteiger partial charge in [-0.2, -0.15) is 0 Å². The lowest BCUT2D eigenvalue weighted by Gasteiger charge is -2.22. The lowest BCUT2D eigenvalue weighted by atomic mass is 9.99. The molecule has 0 unspecified atom stereocenters. The molecular formula is C24H22ClNO3. The van der Waals surface area contributed by atoms with Crippen LogP contribution in [0, 0.1) is 0 Å². The maximum atomic E-state index is 12.9. The van der Waals surface area contributed by atoms with Gasteiger partial charge in [-0.25, -0.2) is 0 Å². The van der Waals surface area contributed by atoms with Crippen LogP contribution < -0.4 is 9.47 Å². The molecule has 0 saturated heterocycles. The molecule has 0 N–H and O–H groups in total. The number of likely N-dealkylation sites (N-methyl/N-ethyl adjacent to an activating group) is 1. The zero-order valence-corrected chi connectivity index (χ0v) is 17.0. The summed E-state index contributed by atoms with van der Waals surface area (Å²) in [6, 6.07) is 22.0. The van der Waals surface area contributed by atoms with Crippen molar-refractivity contribution in [3.8, 4) is 22.6 Å². The summed E-state index contributed by atoms with van der Waals surface area (Å²) in [7, 11) is 1.82. The lowest BCUT2D eigenvalue weighted by Crippen LogP contribution is -2.28. The van der Waals surface area contributed by atoms with Crippen LogP contribution in [0.1, 0.15) is 11.1 Å². The van der Waals surface area contributed by atoms with Crippen LogP contribution in [0.4, 0.5) is 0 Å². The Labute approximate surface area is 175 Å². The van der Waals surface area contributed by atoms with Crippen LogP contribution in [-0.2, 0) is 17.8 Å². The first-order valence-corrected chi connectivity index (χ1v) is 9.95. The van der Waals surface area contributed by atoms with Crippen molar-refractivity contribution in [1.29, 1.82) is 0 Å². The van der Waals surface area contributed by atoms with Gasteiger partial charge in [0.25, 0.3) is 0 Å². The molecular weight excluding hydrogens is 386 g/mol. The van der Waals surface area contributed by atoms with Gasteiger partial charge >= 0.3 is 0 Å². The lowest BCUT2D eigenvalue weighted by molar-refractivity contribution is -0.129. The van der Waals surface area contributed by atoms with E-state index in [4.69, 9.17) is 21.1 Å². The van der Waals surface area contributed by atoms with Gasteiger partial charge in [0, 0.05) is 13.6 Å². The van der Waals surface area contributed by atoms with E-state index < -0.39 is 0 Å². The highest BCUT2D eigenvalue weighted by molar-refractivity contribution is 6.32. The summed E-state index contributed by atoms with van der Waals surface area (Å²) in [6.45, 7) is 1.49. The first kappa shape index (κ1) is 19.3. The number of ether oxygens (including phenoxy) is 2. The van der Waals surface area contributed by atoms with Gasteiger partial charge in [-0.05, 0) is 34.4 Å². The van der Waals surface area contributed by atoms with Crippen LogP contribution >= 0.6 is 11.6 Å². The minimum Gasteiger partial charge on any atom is -0.486 e. The number of rotatable bonds is 5. The summed E-state index contributed by atoms with van der Waals surface area (Å²) < 4.78 is 11.2. The van der Waals surface area contributed by atoms with Crippen molar-refractivity contribution < 1.29 is 14.3 Å². The molecule has 29 heavy (non-hydrogen) atoms. The SMILES string of the molecule is CN(Cc1ccccc1-c1ccccc1)C(=O)Cc1cc(Cl)c2c(c1)OCCO2. The second-order valence-corrected chi connectivity index (χ2v) is 7.46. The molecule has 0 radical (unpaired) electrons. The number of halogens is 1. The van der Waals surface area contributed by atoms with Crippen molar-refractivity contribution in [3.05, 3.63) is 82.9 Å². The van der Waals surface area contributed by atoms with E-state index in [2.05, 4.69) is 24.3 Å². The van der Waals surface area contributed by atoms with Gasteiger partial charge in [-0.3, -0.25) is 4.79 Å². The van der Waals surface area contributed by atoms with Crippen LogP contribution in [0.2, 0.25) is 5.02 Å². The third kappa shape index (κ3) is 4.38. The second-order valence-electron chi connectivity index (χ2n) is 7.05. The van der Waals surface area contributed by atoms with E-state index in [0.717, 1.165) is 22.3 Å². The minimum atomic E-state index is 0.0145. The smallest absolute Gasteiger partial charge is 0.227 e. The topological polar surface area (TPSA) is 38.8 Å². The molecule has 0 fully saturated rings. The Kier molecular flexibility index (Phi) is 5.72. The fraction of sp³-hybridized carbons (Fsp3) is 0.208. The average molecular weight is 408 g/mol.